The van der Waals surface area contributed by atoms with Crippen molar-refractivity contribution in [2.45, 2.75) is 32.9 Å². The van der Waals surface area contributed by atoms with E-state index in [-0.39, 0.29) is 11.3 Å². The number of benzene rings is 2. The Morgan fingerprint density at radius 3 is 2.31 bits per heavy atom. The summed E-state index contributed by atoms with van der Waals surface area (Å²) in [5, 5.41) is 17.1. The summed E-state index contributed by atoms with van der Waals surface area (Å²) >= 11 is 1.47. The molecule has 0 radical (unpaired) electrons. The van der Waals surface area contributed by atoms with Gasteiger partial charge in [-0.25, -0.2) is 0 Å². The van der Waals surface area contributed by atoms with Crippen LogP contribution >= 0.6 is 17.9 Å². The molecule has 2 aromatic carbocycles. The number of halogens is 1. The third kappa shape index (κ3) is 7.10. The van der Waals surface area contributed by atoms with Crippen LogP contribution in [0.2, 0.25) is 0 Å². The summed E-state index contributed by atoms with van der Waals surface area (Å²) in [6.45, 7) is 6.94. The van der Waals surface area contributed by atoms with Crippen LogP contribution in [-0.4, -0.2) is 24.9 Å². The van der Waals surface area contributed by atoms with Gasteiger partial charge in [0.25, 0.3) is 0 Å². The molecule has 0 bridgehead atoms. The summed E-state index contributed by atoms with van der Waals surface area (Å²) in [4.78, 5) is 0. The monoisotopic (exact) mass is 429 g/mol. The number of hydrogen-bond donors (Lipinski definition) is 1. The van der Waals surface area contributed by atoms with Crippen LogP contribution in [0.3, 0.4) is 0 Å². The molecule has 0 saturated heterocycles. The number of nitrogens with zero attached hydrogens (tertiary/aromatic N) is 1. The first-order valence-corrected chi connectivity index (χ1v) is 11.2. The van der Waals surface area contributed by atoms with Gasteiger partial charge in [-0.15, -0.1) is 12.1 Å². The zero-order valence-electron chi connectivity index (χ0n) is 15.8. The van der Waals surface area contributed by atoms with E-state index in [1.54, 1.807) is 13.2 Å². The van der Waals surface area contributed by atoms with E-state index < -0.39 is 0 Å². The SMILES string of the molecule is COc1cc(OC)c(O)c(Pc2ccccc2C[N-]C(C)(C)C)c1.[Cl][Ti+]. The Morgan fingerprint density at radius 2 is 1.73 bits per heavy atom. The van der Waals surface area contributed by atoms with Gasteiger partial charge < -0.3 is 19.9 Å². The molecule has 0 amide bonds. The third-order valence-electron chi connectivity index (χ3n) is 3.51. The number of methoxy groups -OCH3 is 2. The number of aromatic hydroxyl groups is 1. The van der Waals surface area contributed by atoms with Gasteiger partial charge in [0, 0.05) is 11.4 Å². The Kier molecular flexibility index (Phi) is 9.99. The molecule has 140 valence electrons. The molecular formula is C19H25ClNO3PTi. The van der Waals surface area contributed by atoms with Crippen molar-refractivity contribution in [1.29, 1.82) is 0 Å². The molecule has 26 heavy (non-hydrogen) atoms. The fourth-order valence-corrected chi connectivity index (χ4v) is 3.45. The van der Waals surface area contributed by atoms with Gasteiger partial charge in [-0.1, -0.05) is 59.2 Å². The zero-order chi connectivity index (χ0) is 19.7. The Labute approximate surface area is 173 Å². The first-order chi connectivity index (χ1) is 12.3. The molecule has 0 aromatic heterocycles. The van der Waals surface area contributed by atoms with Gasteiger partial charge in [0.05, 0.1) is 14.2 Å². The average molecular weight is 430 g/mol. The van der Waals surface area contributed by atoms with E-state index in [9.17, 15) is 5.11 Å². The first kappa shape index (κ1) is 23.3. The van der Waals surface area contributed by atoms with Crippen LogP contribution in [-0.2, 0) is 25.9 Å². The maximum atomic E-state index is 10.4. The molecule has 1 atom stereocenters. The maximum absolute atomic E-state index is 10.4. The van der Waals surface area contributed by atoms with E-state index >= 15 is 0 Å². The molecule has 1 N–H and O–H groups in total. The van der Waals surface area contributed by atoms with Crippen molar-refractivity contribution in [3.63, 3.8) is 0 Å². The van der Waals surface area contributed by atoms with Crippen molar-refractivity contribution in [3.05, 3.63) is 47.3 Å². The summed E-state index contributed by atoms with van der Waals surface area (Å²) in [6, 6.07) is 11.7. The molecule has 0 saturated carbocycles. The third-order valence-corrected chi connectivity index (χ3v) is 4.92. The van der Waals surface area contributed by atoms with Crippen molar-refractivity contribution in [2.24, 2.45) is 0 Å². The predicted octanol–water partition coefficient (Wildman–Crippen LogP) is 4.40. The van der Waals surface area contributed by atoms with Gasteiger partial charge >= 0.3 is 28.7 Å². The normalized spacial score (nSPS) is 11.1. The van der Waals surface area contributed by atoms with E-state index in [1.165, 1.54) is 32.0 Å². The Hall–Kier alpha value is -0.766. The summed E-state index contributed by atoms with van der Waals surface area (Å²) in [5.74, 6) is 1.26. The topological polar surface area (TPSA) is 52.8 Å². The van der Waals surface area contributed by atoms with Gasteiger partial charge in [-0.05, 0) is 11.4 Å². The van der Waals surface area contributed by atoms with Crippen LogP contribution in [0.5, 0.6) is 17.2 Å². The molecule has 0 heterocycles. The molecule has 0 aliphatic rings. The molecule has 0 spiro atoms. The molecule has 0 aliphatic heterocycles. The van der Waals surface area contributed by atoms with Crippen molar-refractivity contribution >= 4 is 28.5 Å². The van der Waals surface area contributed by atoms with Crippen LogP contribution in [0, 0.1) is 0 Å². The average Bonchev–Trinajstić information content (AvgIpc) is 2.63. The number of rotatable bonds is 6. The van der Waals surface area contributed by atoms with Gasteiger partial charge in [-0.3, -0.25) is 0 Å². The minimum absolute atomic E-state index is 0.0719. The Morgan fingerprint density at radius 1 is 1.08 bits per heavy atom. The number of phenols is 1. The molecular weight excluding hydrogens is 405 g/mol. The summed E-state index contributed by atoms with van der Waals surface area (Å²) in [5.41, 5.74) is 1.10. The van der Waals surface area contributed by atoms with E-state index in [0.29, 0.717) is 26.6 Å². The minimum atomic E-state index is -0.0719. The van der Waals surface area contributed by atoms with Crippen LogP contribution in [0.25, 0.3) is 5.32 Å². The van der Waals surface area contributed by atoms with Crippen molar-refractivity contribution in [1.82, 2.24) is 0 Å². The summed E-state index contributed by atoms with van der Waals surface area (Å²) in [7, 11) is 8.08. The van der Waals surface area contributed by atoms with E-state index in [0.717, 1.165) is 10.6 Å². The van der Waals surface area contributed by atoms with Crippen molar-refractivity contribution in [2.75, 3.05) is 14.2 Å². The fourth-order valence-electron chi connectivity index (χ4n) is 2.20. The second-order valence-electron chi connectivity index (χ2n) is 6.50. The van der Waals surface area contributed by atoms with Crippen LogP contribution < -0.4 is 20.1 Å². The number of ether oxygens (including phenoxy) is 2. The summed E-state index contributed by atoms with van der Waals surface area (Å²) < 4.78 is 10.6. The molecule has 1 unspecified atom stereocenters. The Balaban J connectivity index is 0.00000163. The van der Waals surface area contributed by atoms with Crippen molar-refractivity contribution in [3.8, 4) is 17.2 Å². The van der Waals surface area contributed by atoms with Gasteiger partial charge in [0.2, 0.25) is 0 Å². The van der Waals surface area contributed by atoms with Gasteiger partial charge in [0.1, 0.15) is 5.75 Å². The fraction of sp³-hybridized carbons (Fsp3) is 0.368. The van der Waals surface area contributed by atoms with Crippen LogP contribution in [0.15, 0.2) is 36.4 Å². The van der Waals surface area contributed by atoms with Crippen LogP contribution in [0.4, 0.5) is 0 Å². The molecule has 0 aliphatic carbocycles. The molecule has 7 heteroatoms. The van der Waals surface area contributed by atoms with E-state index in [2.05, 4.69) is 42.2 Å². The molecule has 2 aromatic rings. The zero-order valence-corrected chi connectivity index (χ0v) is 19.1. The van der Waals surface area contributed by atoms with Gasteiger partial charge in [-0.2, -0.15) is 0 Å². The summed E-state index contributed by atoms with van der Waals surface area (Å²) in [6.07, 6.45) is 0. The molecule has 0 fully saturated rings. The second kappa shape index (κ2) is 11.2. The van der Waals surface area contributed by atoms with Crippen molar-refractivity contribution < 1.29 is 34.0 Å². The standard InChI is InChI=1S/C19H25NO3P.ClH.Ti/c1-19(2,3)20-12-13-8-6-7-9-16(13)24-17-11-14(22-4)10-15(23-5)18(17)21;;/h6-11,21,24H,12H2,1-5H3;1H;/q-1;;+2/p-1. The van der Waals surface area contributed by atoms with E-state index in [4.69, 9.17) is 14.8 Å². The van der Waals surface area contributed by atoms with Crippen LogP contribution in [0.1, 0.15) is 26.3 Å². The Bertz CT molecular complexity index is 708. The second-order valence-corrected chi connectivity index (χ2v) is 7.82. The van der Waals surface area contributed by atoms with E-state index in [1.807, 2.05) is 18.2 Å². The van der Waals surface area contributed by atoms with Gasteiger partial charge in [0.15, 0.2) is 11.5 Å². The number of hydrogen-bond acceptors (Lipinski definition) is 3. The predicted molar refractivity (Wildman–Crippen MR) is 108 cm³/mol. The molecule has 4 nitrogen and oxygen atoms in total. The molecule has 2 rings (SSSR count). The quantitative estimate of drug-likeness (QED) is 0.547. The first-order valence-electron chi connectivity index (χ1n) is 8.01. The number of phenolic OH excluding ortho intramolecular Hbond substituents is 1.